The van der Waals surface area contributed by atoms with Gasteiger partial charge in [0.05, 0.1) is 6.04 Å². The maximum absolute atomic E-state index is 13.9. The molecule has 0 aliphatic heterocycles. The third-order valence-electron chi connectivity index (χ3n) is 3.10. The molecule has 2 aromatic carbocycles. The van der Waals surface area contributed by atoms with E-state index >= 15 is 0 Å². The van der Waals surface area contributed by atoms with E-state index in [2.05, 4.69) is 15.9 Å². The third-order valence-corrected chi connectivity index (χ3v) is 3.83. The van der Waals surface area contributed by atoms with Gasteiger partial charge in [0, 0.05) is 20.4 Å². The van der Waals surface area contributed by atoms with E-state index in [-0.39, 0.29) is 5.82 Å². The molecule has 0 amide bonds. The number of benzene rings is 2. The van der Waals surface area contributed by atoms with Gasteiger partial charge >= 0.3 is 0 Å². The van der Waals surface area contributed by atoms with Crippen LogP contribution < -0.4 is 5.73 Å². The molecule has 1 atom stereocenters. The molecule has 5 heteroatoms. The van der Waals surface area contributed by atoms with E-state index in [1.165, 1.54) is 6.07 Å². The minimum atomic E-state index is -0.658. The van der Waals surface area contributed by atoms with Gasteiger partial charge in [-0.3, -0.25) is 0 Å². The van der Waals surface area contributed by atoms with Crippen molar-refractivity contribution in [2.75, 3.05) is 0 Å². The highest BCUT2D eigenvalue weighted by Gasteiger charge is 2.18. The third kappa shape index (κ3) is 2.46. The molecule has 0 aliphatic rings. The first kappa shape index (κ1) is 13.6. The molecule has 0 bridgehead atoms. The molecule has 0 radical (unpaired) electrons. The SMILES string of the molecule is NC(c1cc2cc(Cl)ccc2o1)c1ccc(Br)cc1F. The summed E-state index contributed by atoms with van der Waals surface area (Å²) in [5, 5.41) is 1.47. The van der Waals surface area contributed by atoms with Gasteiger partial charge in [-0.1, -0.05) is 33.6 Å². The quantitative estimate of drug-likeness (QED) is 0.700. The largest absolute Gasteiger partial charge is 0.459 e. The number of hydrogen-bond donors (Lipinski definition) is 1. The fourth-order valence-electron chi connectivity index (χ4n) is 2.10. The molecule has 0 spiro atoms. The van der Waals surface area contributed by atoms with Crippen molar-refractivity contribution >= 4 is 38.5 Å². The van der Waals surface area contributed by atoms with Crippen LogP contribution in [0, 0.1) is 5.82 Å². The van der Waals surface area contributed by atoms with Gasteiger partial charge in [0.25, 0.3) is 0 Å². The Bertz CT molecular complexity index is 787. The molecule has 1 heterocycles. The Labute approximate surface area is 128 Å². The van der Waals surface area contributed by atoms with E-state index in [0.29, 0.717) is 26.4 Å². The molecule has 0 saturated carbocycles. The van der Waals surface area contributed by atoms with Gasteiger partial charge in [0.15, 0.2) is 0 Å². The normalized spacial score (nSPS) is 12.8. The van der Waals surface area contributed by atoms with Gasteiger partial charge in [-0.2, -0.15) is 0 Å². The zero-order chi connectivity index (χ0) is 14.3. The summed E-state index contributed by atoms with van der Waals surface area (Å²) in [6, 6.07) is 11.2. The first-order valence-electron chi connectivity index (χ1n) is 5.94. The number of halogens is 3. The van der Waals surface area contributed by atoms with Gasteiger partial charge in [-0.05, 0) is 36.4 Å². The Kier molecular flexibility index (Phi) is 3.54. The molecule has 3 rings (SSSR count). The molecule has 1 unspecified atom stereocenters. The molecule has 0 saturated heterocycles. The summed E-state index contributed by atoms with van der Waals surface area (Å²) in [7, 11) is 0. The van der Waals surface area contributed by atoms with Crippen LogP contribution in [0.4, 0.5) is 4.39 Å². The maximum atomic E-state index is 13.9. The Morgan fingerprint density at radius 2 is 1.95 bits per heavy atom. The van der Waals surface area contributed by atoms with E-state index in [1.54, 1.807) is 36.4 Å². The van der Waals surface area contributed by atoms with Crippen LogP contribution in [0.15, 0.2) is 51.4 Å². The van der Waals surface area contributed by atoms with Crippen molar-refractivity contribution in [1.29, 1.82) is 0 Å². The predicted molar refractivity (Wildman–Crippen MR) is 81.4 cm³/mol. The summed E-state index contributed by atoms with van der Waals surface area (Å²) in [6.07, 6.45) is 0. The molecular weight excluding hydrogens is 345 g/mol. The Morgan fingerprint density at radius 1 is 1.15 bits per heavy atom. The minimum absolute atomic E-state index is 0.370. The number of rotatable bonds is 2. The lowest BCUT2D eigenvalue weighted by Crippen LogP contribution is -2.12. The number of furan rings is 1. The summed E-state index contributed by atoms with van der Waals surface area (Å²) in [4.78, 5) is 0. The molecule has 2 nitrogen and oxygen atoms in total. The molecule has 3 aromatic rings. The van der Waals surface area contributed by atoms with Gasteiger partial charge in [0.1, 0.15) is 17.2 Å². The van der Waals surface area contributed by atoms with E-state index in [0.717, 1.165) is 5.39 Å². The molecule has 20 heavy (non-hydrogen) atoms. The van der Waals surface area contributed by atoms with E-state index in [9.17, 15) is 4.39 Å². The van der Waals surface area contributed by atoms with Gasteiger partial charge in [-0.25, -0.2) is 4.39 Å². The summed E-state index contributed by atoms with van der Waals surface area (Å²) >= 11 is 9.15. The highest BCUT2D eigenvalue weighted by atomic mass is 79.9. The zero-order valence-corrected chi connectivity index (χ0v) is 12.6. The molecule has 1 aromatic heterocycles. The lowest BCUT2D eigenvalue weighted by molar-refractivity contribution is 0.510. The van der Waals surface area contributed by atoms with Gasteiger partial charge in [-0.15, -0.1) is 0 Å². The second-order valence-electron chi connectivity index (χ2n) is 4.47. The molecule has 0 fully saturated rings. The Morgan fingerprint density at radius 3 is 2.70 bits per heavy atom. The van der Waals surface area contributed by atoms with Crippen LogP contribution in [0.1, 0.15) is 17.4 Å². The highest BCUT2D eigenvalue weighted by molar-refractivity contribution is 9.10. The minimum Gasteiger partial charge on any atom is -0.459 e. The maximum Gasteiger partial charge on any atom is 0.134 e. The molecule has 0 aliphatic carbocycles. The lowest BCUT2D eigenvalue weighted by Gasteiger charge is -2.10. The Hall–Kier alpha value is -1.36. The van der Waals surface area contributed by atoms with Crippen molar-refractivity contribution in [3.05, 3.63) is 69.1 Å². The van der Waals surface area contributed by atoms with Crippen LogP contribution in [0.3, 0.4) is 0 Å². The van der Waals surface area contributed by atoms with E-state index < -0.39 is 6.04 Å². The second-order valence-corrected chi connectivity index (χ2v) is 5.83. The van der Waals surface area contributed by atoms with E-state index in [1.807, 2.05) is 0 Å². The van der Waals surface area contributed by atoms with Crippen LogP contribution in [0.5, 0.6) is 0 Å². The average molecular weight is 355 g/mol. The van der Waals surface area contributed by atoms with E-state index in [4.69, 9.17) is 21.8 Å². The first-order valence-corrected chi connectivity index (χ1v) is 7.11. The van der Waals surface area contributed by atoms with Crippen molar-refractivity contribution in [3.63, 3.8) is 0 Å². The highest BCUT2D eigenvalue weighted by Crippen LogP contribution is 2.30. The standard InChI is InChI=1S/C15H10BrClFNO/c16-9-1-3-11(12(18)7-9)15(19)14-6-8-5-10(17)2-4-13(8)20-14/h1-7,15H,19H2. The average Bonchev–Trinajstić information content (AvgIpc) is 2.81. The summed E-state index contributed by atoms with van der Waals surface area (Å²) in [5.41, 5.74) is 7.15. The zero-order valence-electron chi connectivity index (χ0n) is 10.2. The fourth-order valence-corrected chi connectivity index (χ4v) is 2.61. The van der Waals surface area contributed by atoms with Crippen molar-refractivity contribution < 1.29 is 8.81 Å². The monoisotopic (exact) mass is 353 g/mol. The van der Waals surface area contributed by atoms with Crippen LogP contribution in [0.2, 0.25) is 5.02 Å². The molecule has 102 valence electrons. The van der Waals surface area contributed by atoms with Crippen molar-refractivity contribution in [2.45, 2.75) is 6.04 Å². The van der Waals surface area contributed by atoms with Crippen molar-refractivity contribution in [1.82, 2.24) is 0 Å². The number of hydrogen-bond acceptors (Lipinski definition) is 2. The van der Waals surface area contributed by atoms with Gasteiger partial charge in [0.2, 0.25) is 0 Å². The predicted octanol–water partition coefficient (Wildman–Crippen LogP) is 5.04. The first-order chi connectivity index (χ1) is 9.54. The molecular formula is C15H10BrClFNO. The summed E-state index contributed by atoms with van der Waals surface area (Å²) < 4.78 is 20.3. The van der Waals surface area contributed by atoms with Crippen molar-refractivity contribution in [2.24, 2.45) is 5.73 Å². The smallest absolute Gasteiger partial charge is 0.134 e. The summed E-state index contributed by atoms with van der Waals surface area (Å²) in [6.45, 7) is 0. The topological polar surface area (TPSA) is 39.2 Å². The van der Waals surface area contributed by atoms with Crippen LogP contribution in [0.25, 0.3) is 11.0 Å². The summed E-state index contributed by atoms with van der Waals surface area (Å²) in [5.74, 6) is 0.133. The van der Waals surface area contributed by atoms with Crippen LogP contribution in [-0.2, 0) is 0 Å². The van der Waals surface area contributed by atoms with Crippen LogP contribution >= 0.6 is 27.5 Å². The number of fused-ring (bicyclic) bond motifs is 1. The lowest BCUT2D eigenvalue weighted by atomic mass is 10.0. The second kappa shape index (κ2) is 5.20. The van der Waals surface area contributed by atoms with Crippen LogP contribution in [-0.4, -0.2) is 0 Å². The Balaban J connectivity index is 2.05. The van der Waals surface area contributed by atoms with Crippen molar-refractivity contribution in [3.8, 4) is 0 Å². The molecule has 2 N–H and O–H groups in total. The number of nitrogens with two attached hydrogens (primary N) is 1. The van der Waals surface area contributed by atoms with Gasteiger partial charge < -0.3 is 10.2 Å². The fraction of sp³-hybridized carbons (Fsp3) is 0.0667.